The average Bonchev–Trinajstić information content (AvgIpc) is 2.93. The summed E-state index contributed by atoms with van der Waals surface area (Å²) in [4.78, 5) is 23.5. The number of aryl methyl sites for hydroxylation is 1. The van der Waals surface area contributed by atoms with Gasteiger partial charge in [0.2, 0.25) is 5.91 Å². The Hall–Kier alpha value is -3.15. The van der Waals surface area contributed by atoms with Crippen LogP contribution in [0.2, 0.25) is 0 Å². The Labute approximate surface area is 126 Å². The summed E-state index contributed by atoms with van der Waals surface area (Å²) < 4.78 is 0. The number of benzene rings is 2. The number of nitrogens with one attached hydrogen (secondary N) is 2. The van der Waals surface area contributed by atoms with Gasteiger partial charge in [-0.05, 0) is 36.8 Å². The number of hydrogen-bond donors (Lipinski definition) is 3. The number of fused-ring (bicyclic) bond motifs is 1. The molecule has 0 aliphatic heterocycles. The van der Waals surface area contributed by atoms with Gasteiger partial charge in [-0.25, -0.2) is 0 Å². The minimum atomic E-state index is -0.501. The van der Waals surface area contributed by atoms with Crippen molar-refractivity contribution in [3.8, 4) is 0 Å². The van der Waals surface area contributed by atoms with Crippen molar-refractivity contribution < 1.29 is 9.59 Å². The molecule has 6 heteroatoms. The summed E-state index contributed by atoms with van der Waals surface area (Å²) in [6.07, 6.45) is 0. The van der Waals surface area contributed by atoms with Crippen LogP contribution in [-0.2, 0) is 0 Å². The first kappa shape index (κ1) is 13.8. The second-order valence-electron chi connectivity index (χ2n) is 4.97. The monoisotopic (exact) mass is 294 g/mol. The summed E-state index contributed by atoms with van der Waals surface area (Å²) in [5, 5.41) is 10.4. The zero-order valence-electron chi connectivity index (χ0n) is 11.9. The van der Waals surface area contributed by atoms with Crippen molar-refractivity contribution in [1.82, 2.24) is 10.2 Å². The largest absolute Gasteiger partial charge is 0.366 e. The summed E-state index contributed by atoms with van der Waals surface area (Å²) in [6.45, 7) is 1.80. The van der Waals surface area contributed by atoms with Gasteiger partial charge in [0.1, 0.15) is 0 Å². The molecule has 22 heavy (non-hydrogen) atoms. The van der Waals surface area contributed by atoms with E-state index in [0.29, 0.717) is 16.9 Å². The number of nitrogens with two attached hydrogens (primary N) is 1. The van der Waals surface area contributed by atoms with E-state index in [2.05, 4.69) is 15.5 Å². The number of para-hydroxylation sites is 1. The van der Waals surface area contributed by atoms with Crippen LogP contribution in [0.4, 0.5) is 5.69 Å². The number of nitrogens with zero attached hydrogens (tertiary/aromatic N) is 1. The molecule has 0 spiro atoms. The molecule has 0 saturated heterocycles. The molecule has 0 radical (unpaired) electrons. The second-order valence-corrected chi connectivity index (χ2v) is 4.97. The first-order valence-electron chi connectivity index (χ1n) is 6.71. The van der Waals surface area contributed by atoms with Crippen molar-refractivity contribution >= 4 is 28.4 Å². The van der Waals surface area contributed by atoms with Crippen molar-refractivity contribution in [2.45, 2.75) is 6.92 Å². The van der Waals surface area contributed by atoms with E-state index in [1.807, 2.05) is 24.3 Å². The van der Waals surface area contributed by atoms with Gasteiger partial charge >= 0.3 is 0 Å². The molecular formula is C16H14N4O2. The van der Waals surface area contributed by atoms with E-state index in [1.54, 1.807) is 25.1 Å². The molecule has 0 saturated carbocycles. The van der Waals surface area contributed by atoms with Crippen LogP contribution in [0.15, 0.2) is 42.5 Å². The fourth-order valence-corrected chi connectivity index (χ4v) is 2.28. The maximum absolute atomic E-state index is 12.4. The summed E-state index contributed by atoms with van der Waals surface area (Å²) >= 11 is 0. The summed E-state index contributed by atoms with van der Waals surface area (Å²) in [7, 11) is 0. The Morgan fingerprint density at radius 3 is 2.68 bits per heavy atom. The van der Waals surface area contributed by atoms with Gasteiger partial charge in [-0.15, -0.1) is 0 Å². The number of primary amides is 1. The fourth-order valence-electron chi connectivity index (χ4n) is 2.28. The number of aromatic nitrogens is 2. The van der Waals surface area contributed by atoms with Crippen LogP contribution >= 0.6 is 0 Å². The number of amides is 2. The van der Waals surface area contributed by atoms with Crippen molar-refractivity contribution in [3.63, 3.8) is 0 Å². The van der Waals surface area contributed by atoms with Gasteiger partial charge < -0.3 is 11.1 Å². The lowest BCUT2D eigenvalue weighted by Crippen LogP contribution is -2.15. The van der Waals surface area contributed by atoms with E-state index in [1.165, 1.54) is 0 Å². The molecule has 1 heterocycles. The van der Waals surface area contributed by atoms with Crippen LogP contribution in [0.25, 0.3) is 10.9 Å². The van der Waals surface area contributed by atoms with Gasteiger partial charge in [-0.1, -0.05) is 18.2 Å². The number of rotatable bonds is 3. The van der Waals surface area contributed by atoms with Gasteiger partial charge in [0.15, 0.2) is 5.69 Å². The third-order valence-corrected chi connectivity index (χ3v) is 3.44. The van der Waals surface area contributed by atoms with Crippen molar-refractivity contribution in [1.29, 1.82) is 0 Å². The molecule has 1 aromatic heterocycles. The minimum absolute atomic E-state index is 0.313. The summed E-state index contributed by atoms with van der Waals surface area (Å²) in [5.41, 5.74) is 8.13. The van der Waals surface area contributed by atoms with Gasteiger partial charge in [-0.3, -0.25) is 14.7 Å². The molecule has 110 valence electrons. The number of anilines is 1. The van der Waals surface area contributed by atoms with Crippen LogP contribution in [0, 0.1) is 6.92 Å². The molecule has 3 rings (SSSR count). The van der Waals surface area contributed by atoms with Crippen molar-refractivity contribution in [3.05, 3.63) is 59.3 Å². The predicted octanol–water partition coefficient (Wildman–Crippen LogP) is 2.22. The molecule has 0 bridgehead atoms. The van der Waals surface area contributed by atoms with Crippen LogP contribution in [0.1, 0.15) is 26.4 Å². The van der Waals surface area contributed by atoms with Crippen LogP contribution < -0.4 is 11.1 Å². The topological polar surface area (TPSA) is 101 Å². The highest BCUT2D eigenvalue weighted by Gasteiger charge is 2.15. The predicted molar refractivity (Wildman–Crippen MR) is 83.7 cm³/mol. The Kier molecular flexibility index (Phi) is 3.34. The fraction of sp³-hybridized carbons (Fsp3) is 0.0625. The molecule has 3 aromatic rings. The van der Waals surface area contributed by atoms with E-state index in [4.69, 9.17) is 5.73 Å². The number of carbonyl (C=O) groups is 2. The third kappa shape index (κ3) is 2.42. The normalized spacial score (nSPS) is 10.6. The third-order valence-electron chi connectivity index (χ3n) is 3.44. The number of carbonyl (C=O) groups excluding carboxylic acids is 2. The van der Waals surface area contributed by atoms with E-state index in [9.17, 15) is 9.59 Å². The smallest absolute Gasteiger partial charge is 0.276 e. The van der Waals surface area contributed by atoms with Gasteiger partial charge in [0.25, 0.3) is 5.91 Å². The second kappa shape index (κ2) is 5.33. The maximum Gasteiger partial charge on any atom is 0.276 e. The Morgan fingerprint density at radius 2 is 1.95 bits per heavy atom. The van der Waals surface area contributed by atoms with Gasteiger partial charge in [-0.2, -0.15) is 5.10 Å². The Morgan fingerprint density at radius 1 is 1.18 bits per heavy atom. The van der Waals surface area contributed by atoms with Crippen LogP contribution in [-0.4, -0.2) is 22.0 Å². The molecular weight excluding hydrogens is 280 g/mol. The molecule has 0 atom stereocenters. The summed E-state index contributed by atoms with van der Waals surface area (Å²) in [5.74, 6) is -0.813. The Bertz CT molecular complexity index is 883. The van der Waals surface area contributed by atoms with E-state index in [-0.39, 0.29) is 5.91 Å². The standard InChI is InChI=1S/C16H14N4O2/c1-9-8-10(15(17)21)6-7-12(9)18-16(22)14-11-4-2-3-5-13(11)19-20-14/h2-8H,1H3,(H2,17,21)(H,18,22)(H,19,20). The Balaban J connectivity index is 1.90. The van der Waals surface area contributed by atoms with Crippen LogP contribution in [0.5, 0.6) is 0 Å². The van der Waals surface area contributed by atoms with Gasteiger partial charge in [0.05, 0.1) is 5.52 Å². The zero-order chi connectivity index (χ0) is 15.7. The highest BCUT2D eigenvalue weighted by Crippen LogP contribution is 2.20. The molecule has 4 N–H and O–H groups in total. The molecule has 0 fully saturated rings. The first-order valence-corrected chi connectivity index (χ1v) is 6.71. The lowest BCUT2D eigenvalue weighted by atomic mass is 10.1. The molecule has 6 nitrogen and oxygen atoms in total. The first-order chi connectivity index (χ1) is 10.6. The molecule has 0 aliphatic rings. The molecule has 0 unspecified atom stereocenters. The SMILES string of the molecule is Cc1cc(C(N)=O)ccc1NC(=O)c1n[nH]c2ccccc12. The van der Waals surface area contributed by atoms with E-state index < -0.39 is 5.91 Å². The van der Waals surface area contributed by atoms with Crippen molar-refractivity contribution in [2.75, 3.05) is 5.32 Å². The van der Waals surface area contributed by atoms with Crippen molar-refractivity contribution in [2.24, 2.45) is 5.73 Å². The van der Waals surface area contributed by atoms with Gasteiger partial charge in [0, 0.05) is 16.6 Å². The lowest BCUT2D eigenvalue weighted by Gasteiger charge is -2.08. The number of hydrogen-bond acceptors (Lipinski definition) is 3. The number of aromatic amines is 1. The maximum atomic E-state index is 12.4. The van der Waals surface area contributed by atoms with Crippen LogP contribution in [0.3, 0.4) is 0 Å². The van der Waals surface area contributed by atoms with E-state index >= 15 is 0 Å². The minimum Gasteiger partial charge on any atom is -0.366 e. The summed E-state index contributed by atoms with van der Waals surface area (Å²) in [6, 6.07) is 12.3. The molecule has 0 aliphatic carbocycles. The lowest BCUT2D eigenvalue weighted by molar-refractivity contribution is 0.0998. The quantitative estimate of drug-likeness (QED) is 0.690. The number of H-pyrrole nitrogens is 1. The molecule has 2 aromatic carbocycles. The van der Waals surface area contributed by atoms with E-state index in [0.717, 1.165) is 16.5 Å². The highest BCUT2D eigenvalue weighted by atomic mass is 16.2. The average molecular weight is 294 g/mol. The zero-order valence-corrected chi connectivity index (χ0v) is 11.9. The molecule has 2 amide bonds. The highest BCUT2D eigenvalue weighted by molar-refractivity contribution is 6.11.